The molecule has 7 heteroatoms. The van der Waals surface area contributed by atoms with Crippen LogP contribution in [0.15, 0.2) is 33.8 Å². The smallest absolute Gasteiger partial charge is 0.339 e. The number of carboxylic acids is 1. The van der Waals surface area contributed by atoms with Gasteiger partial charge in [-0.15, -0.1) is 0 Å². The number of rotatable bonds is 3. The molecule has 0 unspecified atom stereocenters. The summed E-state index contributed by atoms with van der Waals surface area (Å²) in [7, 11) is 1.64. The minimum absolute atomic E-state index is 0.101. The van der Waals surface area contributed by atoms with Gasteiger partial charge in [0.25, 0.3) is 5.56 Å². The number of halogens is 1. The predicted octanol–water partition coefficient (Wildman–Crippen LogP) is 1.09. The molecule has 0 atom stereocenters. The van der Waals surface area contributed by atoms with E-state index in [1.165, 1.54) is 21.5 Å². The molecule has 0 saturated heterocycles. The lowest BCUT2D eigenvalue weighted by Crippen LogP contribution is -2.21. The van der Waals surface area contributed by atoms with Crippen molar-refractivity contribution in [1.29, 1.82) is 0 Å². The number of carboxylic acid groups (broad SMARTS) is 1. The molecule has 0 aromatic carbocycles. The molecular formula is C11H10BrN3O3. The molecule has 0 saturated carbocycles. The zero-order valence-corrected chi connectivity index (χ0v) is 11.1. The van der Waals surface area contributed by atoms with Gasteiger partial charge in [-0.05, 0) is 22.0 Å². The van der Waals surface area contributed by atoms with Crippen LogP contribution in [0.5, 0.6) is 0 Å². The molecule has 0 spiro atoms. The summed E-state index contributed by atoms with van der Waals surface area (Å²) in [5, 5.41) is 12.9. The Morgan fingerprint density at radius 2 is 2.22 bits per heavy atom. The van der Waals surface area contributed by atoms with Crippen LogP contribution >= 0.6 is 15.9 Å². The second kappa shape index (κ2) is 4.77. The molecular weight excluding hydrogens is 302 g/mol. The molecule has 0 aliphatic carbocycles. The van der Waals surface area contributed by atoms with Crippen LogP contribution in [0.3, 0.4) is 0 Å². The fraction of sp³-hybridized carbons (Fsp3) is 0.182. The van der Waals surface area contributed by atoms with Gasteiger partial charge in [-0.3, -0.25) is 9.48 Å². The molecule has 2 aromatic rings. The number of hydrogen-bond acceptors (Lipinski definition) is 3. The van der Waals surface area contributed by atoms with Crippen LogP contribution in [-0.4, -0.2) is 25.4 Å². The standard InChI is InChI=1S/C11H10BrN3O3/c1-14-9(8(4-13-14)11(17)18)6-15-5-7(12)2-3-10(15)16/h2-5H,6H2,1H3,(H,17,18). The van der Waals surface area contributed by atoms with Gasteiger partial charge >= 0.3 is 5.97 Å². The normalized spacial score (nSPS) is 10.6. The third kappa shape index (κ3) is 2.35. The maximum atomic E-state index is 11.7. The first-order valence-electron chi connectivity index (χ1n) is 5.09. The summed E-state index contributed by atoms with van der Waals surface area (Å²) in [6.45, 7) is 0.163. The van der Waals surface area contributed by atoms with E-state index in [-0.39, 0.29) is 17.7 Å². The van der Waals surface area contributed by atoms with Crippen LogP contribution in [0.2, 0.25) is 0 Å². The third-order valence-electron chi connectivity index (χ3n) is 2.56. The van der Waals surface area contributed by atoms with Crippen LogP contribution in [0.1, 0.15) is 16.1 Å². The molecule has 0 radical (unpaired) electrons. The van der Waals surface area contributed by atoms with E-state index in [1.54, 1.807) is 19.3 Å². The van der Waals surface area contributed by atoms with Crippen molar-refractivity contribution in [1.82, 2.24) is 14.3 Å². The Bertz CT molecular complexity index is 660. The van der Waals surface area contributed by atoms with Gasteiger partial charge in [0.05, 0.1) is 18.4 Å². The molecule has 0 aliphatic heterocycles. The Morgan fingerprint density at radius 3 is 2.89 bits per heavy atom. The summed E-state index contributed by atoms with van der Waals surface area (Å²) in [4.78, 5) is 22.7. The average molecular weight is 312 g/mol. The van der Waals surface area contributed by atoms with Crippen LogP contribution in [0, 0.1) is 0 Å². The van der Waals surface area contributed by atoms with E-state index in [9.17, 15) is 9.59 Å². The number of pyridine rings is 1. The van der Waals surface area contributed by atoms with E-state index in [1.807, 2.05) is 0 Å². The van der Waals surface area contributed by atoms with Crippen LogP contribution in [0.25, 0.3) is 0 Å². The zero-order valence-electron chi connectivity index (χ0n) is 9.50. The summed E-state index contributed by atoms with van der Waals surface area (Å²) in [6.07, 6.45) is 2.89. The summed E-state index contributed by atoms with van der Waals surface area (Å²) >= 11 is 3.27. The maximum Gasteiger partial charge on any atom is 0.339 e. The molecule has 0 amide bonds. The Kier molecular flexibility index (Phi) is 3.33. The minimum atomic E-state index is -1.05. The average Bonchev–Trinajstić information content (AvgIpc) is 2.66. The van der Waals surface area contributed by atoms with Gasteiger partial charge in [0.15, 0.2) is 0 Å². The summed E-state index contributed by atoms with van der Waals surface area (Å²) in [5.41, 5.74) is 0.378. The van der Waals surface area contributed by atoms with Crippen molar-refractivity contribution in [3.05, 3.63) is 50.6 Å². The Balaban J connectivity index is 2.46. The predicted molar refractivity (Wildman–Crippen MR) is 67.7 cm³/mol. The number of aromatic carboxylic acids is 1. The number of nitrogens with zero attached hydrogens (tertiary/aromatic N) is 3. The van der Waals surface area contributed by atoms with Gasteiger partial charge in [-0.2, -0.15) is 5.10 Å². The molecule has 2 heterocycles. The quantitative estimate of drug-likeness (QED) is 0.920. The molecule has 2 rings (SSSR count). The molecule has 0 bridgehead atoms. The molecule has 0 fully saturated rings. The van der Waals surface area contributed by atoms with Crippen molar-refractivity contribution >= 4 is 21.9 Å². The fourth-order valence-corrected chi connectivity index (χ4v) is 2.00. The summed E-state index contributed by atoms with van der Waals surface area (Å²) in [5.74, 6) is -1.05. The van der Waals surface area contributed by atoms with Crippen molar-refractivity contribution in [2.75, 3.05) is 0 Å². The first-order valence-corrected chi connectivity index (χ1v) is 5.88. The van der Waals surface area contributed by atoms with Crippen molar-refractivity contribution < 1.29 is 9.90 Å². The molecule has 94 valence electrons. The summed E-state index contributed by atoms with van der Waals surface area (Å²) < 4.78 is 3.63. The summed E-state index contributed by atoms with van der Waals surface area (Å²) in [6, 6.07) is 3.06. The lowest BCUT2D eigenvalue weighted by Gasteiger charge is -2.07. The highest BCUT2D eigenvalue weighted by molar-refractivity contribution is 9.10. The first-order chi connectivity index (χ1) is 8.49. The lowest BCUT2D eigenvalue weighted by atomic mass is 10.2. The Hall–Kier alpha value is -1.89. The molecule has 6 nitrogen and oxygen atoms in total. The van der Waals surface area contributed by atoms with E-state index < -0.39 is 5.97 Å². The van der Waals surface area contributed by atoms with E-state index in [4.69, 9.17) is 5.11 Å². The van der Waals surface area contributed by atoms with E-state index in [0.717, 1.165) is 4.47 Å². The van der Waals surface area contributed by atoms with Gasteiger partial charge in [-0.25, -0.2) is 4.79 Å². The highest BCUT2D eigenvalue weighted by Crippen LogP contribution is 2.11. The Labute approximate surface area is 111 Å². The van der Waals surface area contributed by atoms with Gasteiger partial charge in [0, 0.05) is 23.8 Å². The van der Waals surface area contributed by atoms with E-state index >= 15 is 0 Å². The number of aryl methyl sites for hydroxylation is 1. The van der Waals surface area contributed by atoms with Gasteiger partial charge in [-0.1, -0.05) is 0 Å². The van der Waals surface area contributed by atoms with Gasteiger partial charge < -0.3 is 9.67 Å². The maximum absolute atomic E-state index is 11.7. The molecule has 18 heavy (non-hydrogen) atoms. The molecule has 2 aromatic heterocycles. The largest absolute Gasteiger partial charge is 0.478 e. The topological polar surface area (TPSA) is 77.1 Å². The molecule has 0 aliphatic rings. The monoisotopic (exact) mass is 311 g/mol. The van der Waals surface area contributed by atoms with Crippen molar-refractivity contribution in [3.8, 4) is 0 Å². The fourth-order valence-electron chi connectivity index (χ4n) is 1.62. The Morgan fingerprint density at radius 1 is 1.50 bits per heavy atom. The second-order valence-electron chi connectivity index (χ2n) is 3.75. The van der Waals surface area contributed by atoms with Crippen LogP contribution in [-0.2, 0) is 13.6 Å². The van der Waals surface area contributed by atoms with E-state index in [2.05, 4.69) is 21.0 Å². The van der Waals surface area contributed by atoms with Crippen molar-refractivity contribution in [3.63, 3.8) is 0 Å². The number of hydrogen-bond donors (Lipinski definition) is 1. The van der Waals surface area contributed by atoms with Crippen LogP contribution in [0.4, 0.5) is 0 Å². The van der Waals surface area contributed by atoms with Crippen LogP contribution < -0.4 is 5.56 Å². The first kappa shape index (κ1) is 12.6. The van der Waals surface area contributed by atoms with Crippen molar-refractivity contribution in [2.45, 2.75) is 6.54 Å². The number of aromatic nitrogens is 3. The second-order valence-corrected chi connectivity index (χ2v) is 4.66. The zero-order chi connectivity index (χ0) is 13.3. The highest BCUT2D eigenvalue weighted by Gasteiger charge is 2.15. The number of carbonyl (C=O) groups is 1. The molecule has 1 N–H and O–H groups in total. The van der Waals surface area contributed by atoms with Crippen molar-refractivity contribution in [2.24, 2.45) is 7.05 Å². The lowest BCUT2D eigenvalue weighted by molar-refractivity contribution is 0.0695. The van der Waals surface area contributed by atoms with Gasteiger partial charge in [0.1, 0.15) is 5.56 Å². The highest BCUT2D eigenvalue weighted by atomic mass is 79.9. The SMILES string of the molecule is Cn1ncc(C(=O)O)c1Cn1cc(Br)ccc1=O. The van der Waals surface area contributed by atoms with Gasteiger partial charge in [0.2, 0.25) is 0 Å². The minimum Gasteiger partial charge on any atom is -0.478 e. The third-order valence-corrected chi connectivity index (χ3v) is 3.03. The van der Waals surface area contributed by atoms with E-state index in [0.29, 0.717) is 5.69 Å².